The zero-order chi connectivity index (χ0) is 21.8. The maximum atomic E-state index is 13.1. The number of rotatable bonds is 6. The van der Waals surface area contributed by atoms with Crippen molar-refractivity contribution >= 4 is 16.8 Å². The highest BCUT2D eigenvalue weighted by Gasteiger charge is 2.30. The lowest BCUT2D eigenvalue weighted by molar-refractivity contribution is -0.137. The van der Waals surface area contributed by atoms with Gasteiger partial charge in [0.05, 0.1) is 11.1 Å². The SMILES string of the molecule is O=C(NCCCN1CCCC1)c1ccc2cccc(-c3cccc(C(F)(F)F)c3)c2n1. The summed E-state index contributed by atoms with van der Waals surface area (Å²) in [7, 11) is 0. The molecule has 162 valence electrons. The monoisotopic (exact) mass is 427 g/mol. The fourth-order valence-electron chi connectivity index (χ4n) is 3.97. The first kappa shape index (κ1) is 21.3. The van der Waals surface area contributed by atoms with E-state index >= 15 is 0 Å². The largest absolute Gasteiger partial charge is 0.416 e. The Labute approximate surface area is 179 Å². The van der Waals surface area contributed by atoms with Crippen LogP contribution in [0.1, 0.15) is 35.3 Å². The summed E-state index contributed by atoms with van der Waals surface area (Å²) in [6.45, 7) is 3.77. The van der Waals surface area contributed by atoms with Crippen LogP contribution in [0, 0.1) is 0 Å². The van der Waals surface area contributed by atoms with Crippen molar-refractivity contribution in [1.82, 2.24) is 15.2 Å². The van der Waals surface area contributed by atoms with Crippen molar-refractivity contribution in [3.8, 4) is 11.1 Å². The van der Waals surface area contributed by atoms with Crippen LogP contribution in [0.4, 0.5) is 13.2 Å². The molecule has 0 aliphatic carbocycles. The Balaban J connectivity index is 1.54. The summed E-state index contributed by atoms with van der Waals surface area (Å²) < 4.78 is 39.4. The topological polar surface area (TPSA) is 45.2 Å². The zero-order valence-corrected chi connectivity index (χ0v) is 17.1. The zero-order valence-electron chi connectivity index (χ0n) is 17.1. The van der Waals surface area contributed by atoms with Gasteiger partial charge in [0.15, 0.2) is 0 Å². The summed E-state index contributed by atoms with van der Waals surface area (Å²) in [5, 5.41) is 3.66. The number of hydrogen-bond acceptors (Lipinski definition) is 3. The second-order valence-corrected chi connectivity index (χ2v) is 7.81. The predicted octanol–water partition coefficient (Wildman–Crippen LogP) is 5.14. The molecule has 0 bridgehead atoms. The number of benzene rings is 2. The van der Waals surface area contributed by atoms with E-state index in [1.807, 2.05) is 6.07 Å². The van der Waals surface area contributed by atoms with E-state index in [2.05, 4.69) is 15.2 Å². The first-order valence-electron chi connectivity index (χ1n) is 10.5. The third kappa shape index (κ3) is 5.05. The van der Waals surface area contributed by atoms with Crippen LogP contribution in [0.2, 0.25) is 0 Å². The quantitative estimate of drug-likeness (QED) is 0.555. The number of amides is 1. The molecule has 4 nitrogen and oxygen atoms in total. The van der Waals surface area contributed by atoms with Crippen LogP contribution >= 0.6 is 0 Å². The minimum atomic E-state index is -4.42. The second-order valence-electron chi connectivity index (χ2n) is 7.81. The van der Waals surface area contributed by atoms with Crippen LogP contribution in [-0.4, -0.2) is 42.0 Å². The molecule has 31 heavy (non-hydrogen) atoms. The summed E-state index contributed by atoms with van der Waals surface area (Å²) in [6.07, 6.45) is -1.08. The molecule has 1 aliphatic heterocycles. The van der Waals surface area contributed by atoms with E-state index < -0.39 is 11.7 Å². The van der Waals surface area contributed by atoms with Crippen molar-refractivity contribution in [3.63, 3.8) is 0 Å². The lowest BCUT2D eigenvalue weighted by Gasteiger charge is -2.14. The molecule has 1 saturated heterocycles. The molecule has 7 heteroatoms. The normalized spacial score (nSPS) is 14.8. The number of hydrogen-bond donors (Lipinski definition) is 1. The molecule has 1 N–H and O–H groups in total. The molecule has 0 radical (unpaired) electrons. The summed E-state index contributed by atoms with van der Waals surface area (Å²) in [5.41, 5.74) is 1.02. The summed E-state index contributed by atoms with van der Waals surface area (Å²) >= 11 is 0. The molecule has 2 aromatic carbocycles. The van der Waals surface area contributed by atoms with Gasteiger partial charge in [0.1, 0.15) is 5.69 Å². The van der Waals surface area contributed by atoms with Crippen molar-refractivity contribution in [1.29, 1.82) is 0 Å². The van der Waals surface area contributed by atoms with Gasteiger partial charge < -0.3 is 10.2 Å². The van der Waals surface area contributed by atoms with Crippen molar-refractivity contribution in [2.75, 3.05) is 26.2 Å². The number of fused-ring (bicyclic) bond motifs is 1. The number of nitrogens with one attached hydrogen (secondary N) is 1. The highest BCUT2D eigenvalue weighted by Crippen LogP contribution is 2.34. The Morgan fingerprint density at radius 1 is 1.03 bits per heavy atom. The van der Waals surface area contributed by atoms with E-state index in [0.29, 0.717) is 23.2 Å². The number of halogens is 3. The number of nitrogens with zero attached hydrogens (tertiary/aromatic N) is 2. The van der Waals surface area contributed by atoms with Gasteiger partial charge in [-0.25, -0.2) is 4.98 Å². The first-order chi connectivity index (χ1) is 14.9. The number of para-hydroxylation sites is 1. The molecule has 1 fully saturated rings. The third-order valence-electron chi connectivity index (χ3n) is 5.59. The number of pyridine rings is 1. The Morgan fingerprint density at radius 3 is 2.58 bits per heavy atom. The van der Waals surface area contributed by atoms with Gasteiger partial charge in [0.2, 0.25) is 0 Å². The molecule has 1 aliphatic rings. The van der Waals surface area contributed by atoms with E-state index in [-0.39, 0.29) is 11.6 Å². The van der Waals surface area contributed by atoms with Gasteiger partial charge in [0, 0.05) is 17.5 Å². The van der Waals surface area contributed by atoms with Crippen LogP contribution in [-0.2, 0) is 6.18 Å². The average molecular weight is 427 g/mol. The molecule has 0 unspecified atom stereocenters. The third-order valence-corrected chi connectivity index (χ3v) is 5.59. The van der Waals surface area contributed by atoms with Gasteiger partial charge in [-0.2, -0.15) is 13.2 Å². The number of alkyl halides is 3. The molecule has 3 aromatic rings. The summed E-state index contributed by atoms with van der Waals surface area (Å²) in [4.78, 5) is 19.5. The van der Waals surface area contributed by atoms with Crippen LogP contribution in [0.5, 0.6) is 0 Å². The first-order valence-corrected chi connectivity index (χ1v) is 10.5. The minimum absolute atomic E-state index is 0.257. The molecule has 1 amide bonds. The lowest BCUT2D eigenvalue weighted by atomic mass is 9.99. The smallest absolute Gasteiger partial charge is 0.351 e. The van der Waals surface area contributed by atoms with E-state index in [4.69, 9.17) is 0 Å². The van der Waals surface area contributed by atoms with Crippen LogP contribution in [0.3, 0.4) is 0 Å². The summed E-state index contributed by atoms with van der Waals surface area (Å²) in [5.74, 6) is -0.276. The molecule has 0 atom stereocenters. The fourth-order valence-corrected chi connectivity index (χ4v) is 3.97. The van der Waals surface area contributed by atoms with Crippen molar-refractivity contribution in [3.05, 3.63) is 65.9 Å². The van der Waals surface area contributed by atoms with Crippen molar-refractivity contribution < 1.29 is 18.0 Å². The maximum Gasteiger partial charge on any atom is 0.416 e. The lowest BCUT2D eigenvalue weighted by Crippen LogP contribution is -2.29. The van der Waals surface area contributed by atoms with Crippen molar-refractivity contribution in [2.24, 2.45) is 0 Å². The molecule has 0 saturated carbocycles. The van der Waals surface area contributed by atoms with Gasteiger partial charge in [-0.1, -0.05) is 36.4 Å². The maximum absolute atomic E-state index is 13.1. The standard InChI is InChI=1S/C24H24F3N3O/c25-24(26,27)19-8-3-7-18(16-19)20-9-4-6-17-10-11-21(29-22(17)20)23(31)28-12-5-15-30-13-1-2-14-30/h3-4,6-11,16H,1-2,5,12-15H2,(H,28,31). The fraction of sp³-hybridized carbons (Fsp3) is 0.333. The predicted molar refractivity (Wildman–Crippen MR) is 115 cm³/mol. The summed E-state index contributed by atoms with van der Waals surface area (Å²) in [6, 6.07) is 13.9. The van der Waals surface area contributed by atoms with E-state index in [1.54, 1.807) is 30.3 Å². The van der Waals surface area contributed by atoms with Crippen LogP contribution < -0.4 is 5.32 Å². The molecular weight excluding hydrogens is 403 g/mol. The number of likely N-dealkylation sites (tertiary alicyclic amines) is 1. The second kappa shape index (κ2) is 9.06. The Hall–Kier alpha value is -2.93. The Kier molecular flexibility index (Phi) is 6.23. The van der Waals surface area contributed by atoms with Gasteiger partial charge in [0.25, 0.3) is 5.91 Å². The van der Waals surface area contributed by atoms with Crippen LogP contribution in [0.25, 0.3) is 22.0 Å². The van der Waals surface area contributed by atoms with Crippen LogP contribution in [0.15, 0.2) is 54.6 Å². The highest BCUT2D eigenvalue weighted by molar-refractivity contribution is 5.99. The number of aromatic nitrogens is 1. The van der Waals surface area contributed by atoms with Gasteiger partial charge in [-0.3, -0.25) is 4.79 Å². The molecular formula is C24H24F3N3O. The van der Waals surface area contributed by atoms with E-state index in [9.17, 15) is 18.0 Å². The minimum Gasteiger partial charge on any atom is -0.351 e. The van der Waals surface area contributed by atoms with Gasteiger partial charge >= 0.3 is 6.18 Å². The Bertz CT molecular complexity index is 1080. The number of carbonyl (C=O) groups excluding carboxylic acids is 1. The number of carbonyl (C=O) groups is 1. The highest BCUT2D eigenvalue weighted by atomic mass is 19.4. The van der Waals surface area contributed by atoms with Crippen molar-refractivity contribution in [2.45, 2.75) is 25.4 Å². The molecule has 0 spiro atoms. The van der Waals surface area contributed by atoms with Gasteiger partial charge in [-0.05, 0) is 62.7 Å². The van der Waals surface area contributed by atoms with E-state index in [1.165, 1.54) is 18.9 Å². The molecule has 1 aromatic heterocycles. The van der Waals surface area contributed by atoms with E-state index in [0.717, 1.165) is 43.6 Å². The van der Waals surface area contributed by atoms with Gasteiger partial charge in [-0.15, -0.1) is 0 Å². The molecule has 4 rings (SSSR count). The Morgan fingerprint density at radius 2 is 1.81 bits per heavy atom. The molecule has 2 heterocycles. The average Bonchev–Trinajstić information content (AvgIpc) is 3.29.